The van der Waals surface area contributed by atoms with E-state index in [-0.39, 0.29) is 18.7 Å². The molecule has 0 saturated carbocycles. The lowest BCUT2D eigenvalue weighted by Crippen LogP contribution is -2.47. The molecule has 11 nitrogen and oxygen atoms in total. The Balaban J connectivity index is 1.70. The Kier molecular flexibility index (Phi) is 7.43. The highest BCUT2D eigenvalue weighted by atomic mass is 31.2. The number of nitrogens with zero attached hydrogens (tertiary/aromatic N) is 4. The molecule has 2 heterocycles. The summed E-state index contributed by atoms with van der Waals surface area (Å²) in [6, 6.07) is 5.82. The number of nitrogen functional groups attached to an aromatic ring is 1. The number of rotatable bonds is 11. The smallest absolute Gasteiger partial charge is 0.323 e. The van der Waals surface area contributed by atoms with Crippen LogP contribution in [0.5, 0.6) is 0 Å². The second-order valence-corrected chi connectivity index (χ2v) is 10.5. The quantitative estimate of drug-likeness (QED) is 0.301. The number of anilines is 1. The summed E-state index contributed by atoms with van der Waals surface area (Å²) in [6.07, 6.45) is 2.16. The van der Waals surface area contributed by atoms with Gasteiger partial charge in [-0.05, 0) is 38.5 Å². The van der Waals surface area contributed by atoms with Gasteiger partial charge in [-0.25, -0.2) is 29.5 Å². The molecule has 0 aliphatic carbocycles. The van der Waals surface area contributed by atoms with E-state index in [1.807, 2.05) is 0 Å². The van der Waals surface area contributed by atoms with Gasteiger partial charge in [0, 0.05) is 6.54 Å². The summed E-state index contributed by atoms with van der Waals surface area (Å²) in [5.41, 5.74) is 5.88. The molecule has 0 fully saturated rings. The Bertz CT molecular complexity index is 1190. The van der Waals surface area contributed by atoms with Crippen LogP contribution in [0, 0.1) is 5.82 Å². The molecule has 0 radical (unpaired) electrons. The average molecular weight is 479 g/mol. The molecule has 2 atom stereocenters. The van der Waals surface area contributed by atoms with Gasteiger partial charge in [-0.15, -0.1) is 0 Å². The number of nitrogens with one attached hydrogen (secondary N) is 2. The van der Waals surface area contributed by atoms with Gasteiger partial charge in [-0.3, -0.25) is 9.36 Å². The van der Waals surface area contributed by atoms with E-state index in [1.54, 1.807) is 23.9 Å². The minimum Gasteiger partial charge on any atom is -0.480 e. The van der Waals surface area contributed by atoms with Gasteiger partial charge in [0.1, 0.15) is 29.5 Å². The summed E-state index contributed by atoms with van der Waals surface area (Å²) in [5.74, 6) is -1.34. The number of hydrogen-bond acceptors (Lipinski definition) is 7. The number of ether oxygens (including phenoxy) is 1. The van der Waals surface area contributed by atoms with Crippen LogP contribution in [0.4, 0.5) is 10.2 Å². The van der Waals surface area contributed by atoms with Crippen molar-refractivity contribution in [3.63, 3.8) is 0 Å². The molecule has 178 valence electrons. The number of benzene rings is 1. The molecule has 0 aliphatic rings. The lowest BCUT2D eigenvalue weighted by molar-refractivity contribution is -0.142. The van der Waals surface area contributed by atoms with Crippen LogP contribution in [0.15, 0.2) is 36.9 Å². The van der Waals surface area contributed by atoms with Crippen molar-refractivity contribution < 1.29 is 23.6 Å². The maximum atomic E-state index is 13.6. The molecule has 5 N–H and O–H groups in total. The van der Waals surface area contributed by atoms with Crippen molar-refractivity contribution in [3.8, 4) is 0 Å². The third kappa shape index (κ3) is 6.32. The number of imidazole rings is 1. The fourth-order valence-corrected chi connectivity index (χ4v) is 5.21. The van der Waals surface area contributed by atoms with Crippen LogP contribution in [0.25, 0.3) is 11.2 Å². The average Bonchev–Trinajstić information content (AvgIpc) is 3.15. The number of aliphatic carboxylic acids is 1. The van der Waals surface area contributed by atoms with Crippen molar-refractivity contribution >= 4 is 30.4 Å². The number of fused-ring (bicyclic) bond motifs is 1. The second kappa shape index (κ2) is 9.92. The van der Waals surface area contributed by atoms with Crippen molar-refractivity contribution in [3.05, 3.63) is 48.3 Å². The first-order chi connectivity index (χ1) is 15.5. The summed E-state index contributed by atoms with van der Waals surface area (Å²) in [6.45, 7) is 4.96. The zero-order valence-corrected chi connectivity index (χ0v) is 19.4. The minimum absolute atomic E-state index is 0.0534. The molecule has 13 heteroatoms. The van der Waals surface area contributed by atoms with Crippen LogP contribution < -0.4 is 15.9 Å². The van der Waals surface area contributed by atoms with E-state index < -0.39 is 30.9 Å². The number of aromatic nitrogens is 4. The number of hydrogen-bond donors (Lipinski definition) is 4. The molecule has 3 aromatic rings. The molecule has 2 aromatic heterocycles. The van der Waals surface area contributed by atoms with Gasteiger partial charge in [0.2, 0.25) is 7.44 Å². The van der Waals surface area contributed by atoms with Gasteiger partial charge < -0.3 is 20.1 Å². The molecule has 0 aliphatic heterocycles. The summed E-state index contributed by atoms with van der Waals surface area (Å²) < 4.78 is 34.6. The standard InChI is InChI=1S/C20H27FN7O4P/c1-13(9-28-11-25-16-17(22)23-10-24-18(16)28)32-12-33(31,27-20(2,3)19(29)30)26-8-14-5-4-6-15(21)7-14/h4-7,10-11,13H,8-9,12H2,1-3H3,(H,29,30)(H2,22,23,24)(H2,26,27,31)/t13-,33-/m1/s1. The molecule has 0 spiro atoms. The molecular formula is C20H27FN7O4P. The highest BCUT2D eigenvalue weighted by Crippen LogP contribution is 2.39. The molecule has 3 rings (SSSR count). The lowest BCUT2D eigenvalue weighted by atomic mass is 10.1. The van der Waals surface area contributed by atoms with E-state index in [0.717, 1.165) is 0 Å². The summed E-state index contributed by atoms with van der Waals surface area (Å²) in [7, 11) is -3.57. The molecular weight excluding hydrogens is 452 g/mol. The number of carbonyl (C=O) groups is 1. The van der Waals surface area contributed by atoms with E-state index in [0.29, 0.717) is 23.3 Å². The third-order valence-corrected chi connectivity index (χ3v) is 6.95. The number of nitrogens with two attached hydrogens (primary N) is 1. The van der Waals surface area contributed by atoms with Crippen molar-refractivity contribution in [1.29, 1.82) is 0 Å². The molecule has 33 heavy (non-hydrogen) atoms. The van der Waals surface area contributed by atoms with Crippen molar-refractivity contribution in [1.82, 2.24) is 29.7 Å². The van der Waals surface area contributed by atoms with Gasteiger partial charge >= 0.3 is 5.97 Å². The van der Waals surface area contributed by atoms with Crippen LogP contribution in [-0.4, -0.2) is 48.6 Å². The number of carboxylic acids is 1. The first-order valence-electron chi connectivity index (χ1n) is 10.1. The van der Waals surface area contributed by atoms with Crippen LogP contribution in [0.2, 0.25) is 0 Å². The molecule has 0 saturated heterocycles. The van der Waals surface area contributed by atoms with Crippen LogP contribution in [0.1, 0.15) is 26.3 Å². The normalized spacial score (nSPS) is 14.8. The van der Waals surface area contributed by atoms with Gasteiger partial charge in [-0.2, -0.15) is 0 Å². The molecule has 0 unspecified atom stereocenters. The zero-order valence-electron chi connectivity index (χ0n) is 18.5. The van der Waals surface area contributed by atoms with Crippen LogP contribution >= 0.6 is 7.44 Å². The predicted octanol–water partition coefficient (Wildman–Crippen LogP) is 2.35. The zero-order chi connectivity index (χ0) is 24.2. The maximum Gasteiger partial charge on any atom is 0.323 e. The van der Waals surface area contributed by atoms with E-state index in [1.165, 1.54) is 38.4 Å². The first kappa shape index (κ1) is 24.7. The van der Waals surface area contributed by atoms with E-state index in [4.69, 9.17) is 10.5 Å². The topological polar surface area (TPSA) is 157 Å². The van der Waals surface area contributed by atoms with Crippen molar-refractivity contribution in [2.45, 2.75) is 45.5 Å². The monoisotopic (exact) mass is 479 g/mol. The summed E-state index contributed by atoms with van der Waals surface area (Å²) >= 11 is 0. The maximum absolute atomic E-state index is 13.6. The van der Waals surface area contributed by atoms with Crippen LogP contribution in [0.3, 0.4) is 0 Å². The predicted molar refractivity (Wildman–Crippen MR) is 121 cm³/mol. The first-order valence-corrected chi connectivity index (χ1v) is 12.0. The Hall–Kier alpha value is -2.92. The van der Waals surface area contributed by atoms with Crippen molar-refractivity contribution in [2.24, 2.45) is 0 Å². The Morgan fingerprint density at radius 3 is 2.82 bits per heavy atom. The summed E-state index contributed by atoms with van der Waals surface area (Å²) in [4.78, 5) is 23.9. The number of carboxylic acid groups (broad SMARTS) is 1. The van der Waals surface area contributed by atoms with Crippen LogP contribution in [-0.2, 0) is 27.2 Å². The fourth-order valence-electron chi connectivity index (χ4n) is 3.08. The largest absolute Gasteiger partial charge is 0.480 e. The highest BCUT2D eigenvalue weighted by molar-refractivity contribution is 7.59. The Morgan fingerprint density at radius 2 is 2.12 bits per heavy atom. The third-order valence-electron chi connectivity index (χ3n) is 4.85. The fraction of sp³-hybridized carbons (Fsp3) is 0.400. The highest BCUT2D eigenvalue weighted by Gasteiger charge is 2.36. The van der Waals surface area contributed by atoms with Gasteiger partial charge in [0.25, 0.3) is 0 Å². The summed E-state index contributed by atoms with van der Waals surface area (Å²) in [5, 5.41) is 15.0. The molecule has 0 bridgehead atoms. The second-order valence-electron chi connectivity index (χ2n) is 8.18. The van der Waals surface area contributed by atoms with Crippen molar-refractivity contribution in [2.75, 3.05) is 12.1 Å². The van der Waals surface area contributed by atoms with E-state index in [2.05, 4.69) is 25.1 Å². The minimum atomic E-state index is -3.57. The van der Waals surface area contributed by atoms with Gasteiger partial charge in [0.15, 0.2) is 11.5 Å². The molecule has 1 aromatic carbocycles. The SMILES string of the molecule is C[C@H](Cn1cnc2c(N)ncnc21)OC[P@@](=O)(NCc1cccc(F)c1)NC(C)(C)C(=O)O. The van der Waals surface area contributed by atoms with E-state index in [9.17, 15) is 18.9 Å². The Labute approximate surface area is 190 Å². The lowest BCUT2D eigenvalue weighted by Gasteiger charge is -2.30. The molecule has 0 amide bonds. The Morgan fingerprint density at radius 1 is 1.36 bits per heavy atom. The number of halogens is 1. The van der Waals surface area contributed by atoms with E-state index >= 15 is 0 Å². The van der Waals surface area contributed by atoms with Gasteiger partial charge in [0.05, 0.1) is 19.0 Å². The van der Waals surface area contributed by atoms with Gasteiger partial charge in [-0.1, -0.05) is 12.1 Å².